The third-order valence-electron chi connectivity index (χ3n) is 1.04. The predicted octanol–water partition coefficient (Wildman–Crippen LogP) is 4.19. The van der Waals surface area contributed by atoms with Gasteiger partial charge < -0.3 is 9.05 Å². The number of nitrogens with zero attached hydrogens (tertiary/aromatic N) is 1. The number of allylic oxidation sites excluding steroid dienone is 1. The topological polar surface area (TPSA) is 42.2 Å². The number of hydrogen-bond donors (Lipinski definition) is 0. The first-order chi connectivity index (χ1) is 6.99. The summed E-state index contributed by atoms with van der Waals surface area (Å²) in [4.78, 5) is 0. The lowest BCUT2D eigenvalue weighted by Gasteiger charge is -2.19. The lowest BCUT2D eigenvalue weighted by Crippen LogP contribution is -1.91. The summed E-state index contributed by atoms with van der Waals surface area (Å²) in [7, 11) is 0. The third kappa shape index (κ3) is 6.13. The van der Waals surface area contributed by atoms with Crippen LogP contribution in [0.2, 0.25) is 0 Å². The van der Waals surface area contributed by atoms with Gasteiger partial charge in [0.15, 0.2) is 0 Å². The molecule has 0 aliphatic rings. The summed E-state index contributed by atoms with van der Waals surface area (Å²) in [5.41, 5.74) is -2.52. The van der Waals surface area contributed by atoms with Crippen LogP contribution in [-0.4, -0.2) is 13.2 Å². The summed E-state index contributed by atoms with van der Waals surface area (Å²) in [5, 5.41) is 8.42. The van der Waals surface area contributed by atoms with Gasteiger partial charge in [-0.3, -0.25) is 0 Å². The van der Waals surface area contributed by atoms with Crippen LogP contribution >= 0.6 is 40.3 Å². The maximum atomic E-state index is 8.52. The second-order valence-corrected chi connectivity index (χ2v) is 9.18. The smallest absolute Gasteiger partial charge is 0.253 e. The Morgan fingerprint density at radius 1 is 1.40 bits per heavy atom. The summed E-state index contributed by atoms with van der Waals surface area (Å²) in [5.74, 6) is 0. The maximum Gasteiger partial charge on any atom is 0.253 e. The first-order valence-corrected chi connectivity index (χ1v) is 8.84. The molecule has 0 heterocycles. The van der Waals surface area contributed by atoms with Crippen LogP contribution in [-0.2, 0) is 20.9 Å². The van der Waals surface area contributed by atoms with E-state index in [4.69, 9.17) is 49.3 Å². The van der Waals surface area contributed by atoms with Crippen molar-refractivity contribution in [3.8, 4) is 6.07 Å². The van der Waals surface area contributed by atoms with Gasteiger partial charge in [0.1, 0.15) is 15.5 Å². The molecule has 0 bridgehead atoms. The van der Waals surface area contributed by atoms with E-state index < -0.39 is 5.69 Å². The van der Waals surface area contributed by atoms with Crippen molar-refractivity contribution < 1.29 is 9.05 Å². The Hall–Kier alpha value is 0.730. The molecule has 0 N–H and O–H groups in total. The van der Waals surface area contributed by atoms with Gasteiger partial charge in [-0.15, -0.1) is 0 Å². The van der Waals surface area contributed by atoms with Gasteiger partial charge in [0, 0.05) is 0 Å². The van der Waals surface area contributed by atoms with Crippen molar-refractivity contribution in [1.82, 2.24) is 0 Å². The SMILES string of the molecule is CCOP(=S)(OCC)SC(Cl)=C(Cl)C#N. The second kappa shape index (κ2) is 7.92. The summed E-state index contributed by atoms with van der Waals surface area (Å²) in [6, 6.07) is 1.72. The molecule has 0 aromatic carbocycles. The molecular formula is C7H10Cl2NO2PS2. The fourth-order valence-corrected chi connectivity index (χ4v) is 6.34. The Balaban J connectivity index is 4.71. The van der Waals surface area contributed by atoms with Crippen molar-refractivity contribution in [2.24, 2.45) is 0 Å². The van der Waals surface area contributed by atoms with Crippen LogP contribution in [0.15, 0.2) is 9.40 Å². The van der Waals surface area contributed by atoms with Gasteiger partial charge >= 0.3 is 0 Å². The zero-order valence-electron chi connectivity index (χ0n) is 8.20. The first kappa shape index (κ1) is 15.7. The van der Waals surface area contributed by atoms with Crippen LogP contribution in [0, 0.1) is 11.3 Å². The maximum absolute atomic E-state index is 8.52. The molecule has 0 unspecified atom stereocenters. The molecule has 0 saturated heterocycles. The van der Waals surface area contributed by atoms with Crippen molar-refractivity contribution in [1.29, 1.82) is 5.26 Å². The van der Waals surface area contributed by atoms with E-state index in [2.05, 4.69) is 0 Å². The fraction of sp³-hybridized carbons (Fsp3) is 0.571. The van der Waals surface area contributed by atoms with Crippen molar-refractivity contribution in [2.75, 3.05) is 13.2 Å². The number of hydrogen-bond acceptors (Lipinski definition) is 5. The zero-order valence-corrected chi connectivity index (χ0v) is 12.2. The zero-order chi connectivity index (χ0) is 11.9. The second-order valence-electron chi connectivity index (χ2n) is 2.07. The minimum Gasteiger partial charge on any atom is -0.322 e. The van der Waals surface area contributed by atoms with E-state index in [9.17, 15) is 0 Å². The van der Waals surface area contributed by atoms with E-state index in [-0.39, 0.29) is 9.40 Å². The molecule has 0 aromatic rings. The highest BCUT2D eigenvalue weighted by Crippen LogP contribution is 2.65. The summed E-state index contributed by atoms with van der Waals surface area (Å²) in [6.45, 7) is 4.48. The lowest BCUT2D eigenvalue weighted by molar-refractivity contribution is 0.281. The summed E-state index contributed by atoms with van der Waals surface area (Å²) < 4.78 is 10.7. The van der Waals surface area contributed by atoms with Crippen LogP contribution in [0.3, 0.4) is 0 Å². The molecule has 0 rings (SSSR count). The summed E-state index contributed by atoms with van der Waals surface area (Å²) >= 11 is 17.5. The van der Waals surface area contributed by atoms with E-state index in [0.717, 1.165) is 11.4 Å². The average molecular weight is 306 g/mol. The first-order valence-electron chi connectivity index (χ1n) is 4.03. The van der Waals surface area contributed by atoms with Crippen LogP contribution in [0.4, 0.5) is 0 Å². The van der Waals surface area contributed by atoms with E-state index in [1.807, 2.05) is 13.8 Å². The molecule has 0 radical (unpaired) electrons. The van der Waals surface area contributed by atoms with Gasteiger partial charge in [-0.1, -0.05) is 23.2 Å². The molecule has 3 nitrogen and oxygen atoms in total. The highest BCUT2D eigenvalue weighted by atomic mass is 35.5. The van der Waals surface area contributed by atoms with Crippen molar-refractivity contribution in [3.05, 3.63) is 9.40 Å². The number of rotatable bonds is 6. The third-order valence-corrected chi connectivity index (χ3v) is 7.15. The van der Waals surface area contributed by atoms with Crippen LogP contribution in [0.1, 0.15) is 13.8 Å². The summed E-state index contributed by atoms with van der Waals surface area (Å²) in [6.07, 6.45) is 0. The molecule has 0 spiro atoms. The molecular weight excluding hydrogens is 296 g/mol. The Kier molecular flexibility index (Phi) is 8.30. The molecule has 0 fully saturated rings. The van der Waals surface area contributed by atoms with Gasteiger partial charge in [-0.25, -0.2) is 0 Å². The Bertz CT molecular complexity index is 319. The van der Waals surface area contributed by atoms with Gasteiger partial charge in [-0.05, 0) is 37.0 Å². The van der Waals surface area contributed by atoms with Gasteiger partial charge in [0.25, 0.3) is 5.69 Å². The Morgan fingerprint density at radius 3 is 2.20 bits per heavy atom. The quantitative estimate of drug-likeness (QED) is 0.544. The van der Waals surface area contributed by atoms with E-state index in [1.54, 1.807) is 6.07 Å². The van der Waals surface area contributed by atoms with Crippen LogP contribution in [0.5, 0.6) is 0 Å². The molecule has 0 saturated carbocycles. The highest BCUT2D eigenvalue weighted by molar-refractivity contribution is 8.69. The largest absolute Gasteiger partial charge is 0.322 e. The molecule has 0 amide bonds. The van der Waals surface area contributed by atoms with Gasteiger partial charge in [0.05, 0.1) is 13.2 Å². The lowest BCUT2D eigenvalue weighted by atomic mass is 10.7. The fourth-order valence-electron chi connectivity index (χ4n) is 0.588. The minimum atomic E-state index is -2.52. The van der Waals surface area contributed by atoms with Gasteiger partial charge in [-0.2, -0.15) is 5.26 Å². The molecule has 0 atom stereocenters. The molecule has 0 aromatic heterocycles. The van der Waals surface area contributed by atoms with Crippen molar-refractivity contribution >= 4 is 52.1 Å². The van der Waals surface area contributed by atoms with Crippen LogP contribution in [0.25, 0.3) is 0 Å². The monoisotopic (exact) mass is 305 g/mol. The standard InChI is InChI=1S/C7H10Cl2NO2PS2/c1-3-11-13(14,12-4-2)15-7(9)6(8)5-10/h3-4H2,1-2H3. The Labute approximate surface area is 109 Å². The van der Waals surface area contributed by atoms with Crippen LogP contribution < -0.4 is 0 Å². The molecule has 86 valence electrons. The van der Waals surface area contributed by atoms with Gasteiger partial charge in [0.2, 0.25) is 0 Å². The van der Waals surface area contributed by atoms with E-state index in [0.29, 0.717) is 13.2 Å². The minimum absolute atomic E-state index is 0.102. The number of nitriles is 1. The molecule has 8 heteroatoms. The number of halogens is 2. The molecule has 15 heavy (non-hydrogen) atoms. The normalized spacial score (nSPS) is 13.3. The van der Waals surface area contributed by atoms with E-state index >= 15 is 0 Å². The predicted molar refractivity (Wildman–Crippen MR) is 69.5 cm³/mol. The average Bonchev–Trinajstić information content (AvgIpc) is 2.16. The van der Waals surface area contributed by atoms with Crippen molar-refractivity contribution in [2.45, 2.75) is 13.8 Å². The highest BCUT2D eigenvalue weighted by Gasteiger charge is 2.22. The Morgan fingerprint density at radius 2 is 1.87 bits per heavy atom. The molecule has 0 aliphatic heterocycles. The molecule has 0 aliphatic carbocycles. The van der Waals surface area contributed by atoms with E-state index in [1.165, 1.54) is 0 Å². The van der Waals surface area contributed by atoms with Crippen molar-refractivity contribution in [3.63, 3.8) is 0 Å².